The van der Waals surface area contributed by atoms with Crippen LogP contribution in [0.15, 0.2) is 0 Å². The second-order valence-corrected chi connectivity index (χ2v) is 3.22. The Bertz CT molecular complexity index is 164. The molecule has 5 heteroatoms. The Hall–Kier alpha value is -0.810. The quantitative estimate of drug-likeness (QED) is 0.642. The van der Waals surface area contributed by atoms with Gasteiger partial charge in [0.25, 0.3) is 0 Å². The zero-order valence-corrected chi connectivity index (χ0v) is 9.12. The van der Waals surface area contributed by atoms with Crippen molar-refractivity contribution in [3.63, 3.8) is 0 Å². The first kappa shape index (κ1) is 13.2. The van der Waals surface area contributed by atoms with Crippen molar-refractivity contribution in [3.05, 3.63) is 0 Å². The van der Waals surface area contributed by atoms with Crippen LogP contribution in [0.1, 0.15) is 13.3 Å². The molecule has 2 N–H and O–H groups in total. The number of carbonyl (C=O) groups is 1. The van der Waals surface area contributed by atoms with Gasteiger partial charge in [-0.1, -0.05) is 6.92 Å². The van der Waals surface area contributed by atoms with E-state index >= 15 is 0 Å². The highest BCUT2D eigenvalue weighted by atomic mass is 16.5. The highest BCUT2D eigenvalue weighted by molar-refractivity contribution is 5.73. The summed E-state index contributed by atoms with van der Waals surface area (Å²) in [5.41, 5.74) is 0. The number of carbonyl (C=O) groups excluding carboxylic acids is 1. The lowest BCUT2D eigenvalue weighted by molar-refractivity contribution is 0.0490. The summed E-state index contributed by atoms with van der Waals surface area (Å²) in [6.45, 7) is 3.17. The van der Waals surface area contributed by atoms with Crippen LogP contribution in [0.25, 0.3) is 0 Å². The topological polar surface area (TPSA) is 61.8 Å². The van der Waals surface area contributed by atoms with Crippen LogP contribution >= 0.6 is 0 Å². The molecule has 1 atom stereocenters. The van der Waals surface area contributed by atoms with Crippen molar-refractivity contribution in [3.8, 4) is 0 Å². The molecule has 0 aliphatic heterocycles. The Balaban J connectivity index is 3.70. The minimum absolute atomic E-state index is 0.165. The Morgan fingerprint density at radius 1 is 1.64 bits per heavy atom. The molecule has 84 valence electrons. The zero-order valence-electron chi connectivity index (χ0n) is 9.12. The SMILES string of the molecule is CCCNC(=O)N(C)CC(O)COC. The Kier molecular flexibility index (Phi) is 7.14. The van der Waals surface area contributed by atoms with E-state index in [0.29, 0.717) is 6.54 Å². The van der Waals surface area contributed by atoms with E-state index in [1.54, 1.807) is 7.05 Å². The van der Waals surface area contributed by atoms with Crippen LogP contribution < -0.4 is 5.32 Å². The minimum Gasteiger partial charge on any atom is -0.389 e. The van der Waals surface area contributed by atoms with E-state index in [1.165, 1.54) is 12.0 Å². The number of aliphatic hydroxyl groups excluding tert-OH is 1. The molecule has 0 aromatic rings. The molecule has 5 nitrogen and oxygen atoms in total. The number of hydrogen-bond donors (Lipinski definition) is 2. The van der Waals surface area contributed by atoms with Crippen molar-refractivity contribution >= 4 is 6.03 Å². The molecule has 0 rings (SSSR count). The summed E-state index contributed by atoms with van der Waals surface area (Å²) in [6.07, 6.45) is 0.276. The first-order valence-corrected chi connectivity index (χ1v) is 4.77. The van der Waals surface area contributed by atoms with Crippen LogP contribution in [-0.2, 0) is 4.74 Å². The molecule has 0 bridgehead atoms. The zero-order chi connectivity index (χ0) is 11.0. The van der Waals surface area contributed by atoms with Gasteiger partial charge in [0.15, 0.2) is 0 Å². The molecule has 0 fully saturated rings. The molecule has 1 unspecified atom stereocenters. The van der Waals surface area contributed by atoms with Crippen molar-refractivity contribution in [1.29, 1.82) is 0 Å². The maximum Gasteiger partial charge on any atom is 0.317 e. The van der Waals surface area contributed by atoms with Gasteiger partial charge in [-0.3, -0.25) is 0 Å². The molecule has 2 amide bonds. The van der Waals surface area contributed by atoms with E-state index in [0.717, 1.165) is 6.42 Å². The highest BCUT2D eigenvalue weighted by Crippen LogP contribution is 1.91. The summed E-state index contributed by atoms with van der Waals surface area (Å²) in [5, 5.41) is 12.1. The van der Waals surface area contributed by atoms with Gasteiger partial charge < -0.3 is 20.1 Å². The first-order valence-electron chi connectivity index (χ1n) is 4.77. The van der Waals surface area contributed by atoms with E-state index in [9.17, 15) is 9.90 Å². The molecular formula is C9H20N2O3. The summed E-state index contributed by atoms with van der Waals surface area (Å²) in [5.74, 6) is 0. The number of urea groups is 1. The summed E-state index contributed by atoms with van der Waals surface area (Å²) in [4.78, 5) is 12.7. The van der Waals surface area contributed by atoms with Crippen LogP contribution in [0.2, 0.25) is 0 Å². The Morgan fingerprint density at radius 2 is 2.29 bits per heavy atom. The van der Waals surface area contributed by atoms with E-state index < -0.39 is 6.10 Å². The van der Waals surface area contributed by atoms with Gasteiger partial charge in [-0.05, 0) is 6.42 Å². The molecular weight excluding hydrogens is 184 g/mol. The summed E-state index contributed by atoms with van der Waals surface area (Å²) in [6, 6.07) is -0.165. The van der Waals surface area contributed by atoms with Gasteiger partial charge in [0.05, 0.1) is 19.3 Å². The number of hydrogen-bond acceptors (Lipinski definition) is 3. The van der Waals surface area contributed by atoms with Crippen molar-refractivity contribution in [2.45, 2.75) is 19.4 Å². The van der Waals surface area contributed by atoms with Gasteiger partial charge >= 0.3 is 6.03 Å². The van der Waals surface area contributed by atoms with E-state index in [2.05, 4.69) is 5.32 Å². The first-order chi connectivity index (χ1) is 6.61. The molecule has 0 aliphatic carbocycles. The van der Waals surface area contributed by atoms with E-state index in [1.807, 2.05) is 6.92 Å². The summed E-state index contributed by atoms with van der Waals surface area (Å²) >= 11 is 0. The molecule has 0 aromatic heterocycles. The van der Waals surface area contributed by atoms with Crippen LogP contribution in [0.3, 0.4) is 0 Å². The third kappa shape index (κ3) is 5.77. The molecule has 0 spiro atoms. The number of rotatable bonds is 6. The number of amides is 2. The Labute approximate surface area is 85.0 Å². The molecule has 0 saturated carbocycles. The predicted octanol–water partition coefficient (Wildman–Crippen LogP) is 0.0451. The number of likely N-dealkylation sites (N-methyl/N-ethyl adjacent to an activating group) is 1. The monoisotopic (exact) mass is 204 g/mol. The standard InChI is InChI=1S/C9H20N2O3/c1-4-5-10-9(13)11(2)6-8(12)7-14-3/h8,12H,4-7H2,1-3H3,(H,10,13). The molecule has 0 saturated heterocycles. The van der Waals surface area contributed by atoms with Crippen molar-refractivity contribution in [2.24, 2.45) is 0 Å². The highest BCUT2D eigenvalue weighted by Gasteiger charge is 2.12. The van der Waals surface area contributed by atoms with Crippen molar-refractivity contribution in [2.75, 3.05) is 33.9 Å². The van der Waals surface area contributed by atoms with Crippen molar-refractivity contribution in [1.82, 2.24) is 10.2 Å². The van der Waals surface area contributed by atoms with E-state index in [-0.39, 0.29) is 19.2 Å². The molecule has 14 heavy (non-hydrogen) atoms. The average Bonchev–Trinajstić information content (AvgIpc) is 2.14. The van der Waals surface area contributed by atoms with Gasteiger partial charge in [0.1, 0.15) is 0 Å². The maximum absolute atomic E-state index is 11.3. The summed E-state index contributed by atoms with van der Waals surface area (Å²) in [7, 11) is 3.16. The molecule has 0 radical (unpaired) electrons. The number of aliphatic hydroxyl groups is 1. The number of methoxy groups -OCH3 is 1. The second kappa shape index (κ2) is 7.58. The van der Waals surface area contributed by atoms with Gasteiger partial charge in [0.2, 0.25) is 0 Å². The lowest BCUT2D eigenvalue weighted by Crippen LogP contribution is -2.42. The van der Waals surface area contributed by atoms with Crippen LogP contribution in [-0.4, -0.2) is 56.0 Å². The fraction of sp³-hybridized carbons (Fsp3) is 0.889. The predicted molar refractivity (Wildman–Crippen MR) is 54.2 cm³/mol. The maximum atomic E-state index is 11.3. The normalized spacial score (nSPS) is 12.3. The number of ether oxygens (including phenoxy) is 1. The average molecular weight is 204 g/mol. The largest absolute Gasteiger partial charge is 0.389 e. The van der Waals surface area contributed by atoms with Crippen LogP contribution in [0, 0.1) is 0 Å². The second-order valence-electron chi connectivity index (χ2n) is 3.22. The fourth-order valence-corrected chi connectivity index (χ4v) is 1.01. The molecule has 0 aromatic carbocycles. The van der Waals surface area contributed by atoms with E-state index in [4.69, 9.17) is 4.74 Å². The van der Waals surface area contributed by atoms with Crippen LogP contribution in [0.5, 0.6) is 0 Å². The smallest absolute Gasteiger partial charge is 0.317 e. The fourth-order valence-electron chi connectivity index (χ4n) is 1.01. The lowest BCUT2D eigenvalue weighted by atomic mass is 10.3. The van der Waals surface area contributed by atoms with Gasteiger partial charge in [-0.25, -0.2) is 4.79 Å². The van der Waals surface area contributed by atoms with Gasteiger partial charge in [-0.2, -0.15) is 0 Å². The lowest BCUT2D eigenvalue weighted by Gasteiger charge is -2.20. The number of nitrogens with zero attached hydrogens (tertiary/aromatic N) is 1. The molecule has 0 aliphatic rings. The Morgan fingerprint density at radius 3 is 2.79 bits per heavy atom. The van der Waals surface area contributed by atoms with Crippen molar-refractivity contribution < 1.29 is 14.6 Å². The minimum atomic E-state index is -0.627. The van der Waals surface area contributed by atoms with Gasteiger partial charge in [-0.15, -0.1) is 0 Å². The third-order valence-corrected chi connectivity index (χ3v) is 1.72. The summed E-state index contributed by atoms with van der Waals surface area (Å²) < 4.78 is 4.76. The molecule has 0 heterocycles. The van der Waals surface area contributed by atoms with Gasteiger partial charge in [0, 0.05) is 20.7 Å². The van der Waals surface area contributed by atoms with Crippen LogP contribution in [0.4, 0.5) is 4.79 Å². The number of nitrogens with one attached hydrogen (secondary N) is 1. The third-order valence-electron chi connectivity index (χ3n) is 1.72.